The van der Waals surface area contributed by atoms with Crippen LogP contribution in [0.4, 0.5) is 0 Å². The minimum atomic E-state index is 0.822. The molecule has 0 spiro atoms. The van der Waals surface area contributed by atoms with E-state index in [1.165, 1.54) is 16.4 Å². The first-order valence-electron chi connectivity index (χ1n) is 4.90. The van der Waals surface area contributed by atoms with Gasteiger partial charge in [-0.3, -0.25) is 4.90 Å². The predicted octanol–water partition coefficient (Wildman–Crippen LogP) is 1.64. The highest BCUT2D eigenvalue weighted by molar-refractivity contribution is 7.11. The second kappa shape index (κ2) is 4.94. The lowest BCUT2D eigenvalue weighted by molar-refractivity contribution is 0.319. The molecule has 0 aliphatic heterocycles. The maximum absolute atomic E-state index is 4.11. The Morgan fingerprint density at radius 2 is 1.94 bits per heavy atom. The van der Waals surface area contributed by atoms with Gasteiger partial charge in [-0.15, -0.1) is 26.6 Å². The van der Waals surface area contributed by atoms with Crippen molar-refractivity contribution in [1.82, 2.24) is 24.7 Å². The van der Waals surface area contributed by atoms with Gasteiger partial charge in [0.2, 0.25) is 0 Å². The molecule has 0 atom stereocenters. The van der Waals surface area contributed by atoms with E-state index in [2.05, 4.69) is 31.7 Å². The highest BCUT2D eigenvalue weighted by Gasteiger charge is 2.09. The van der Waals surface area contributed by atoms with Crippen molar-refractivity contribution < 1.29 is 0 Å². The van der Waals surface area contributed by atoms with E-state index in [9.17, 15) is 0 Å². The predicted molar refractivity (Wildman–Crippen MR) is 64.5 cm³/mol. The number of hydrogen-bond acceptors (Lipinski definition) is 7. The van der Waals surface area contributed by atoms with Crippen LogP contribution >= 0.6 is 22.9 Å². The summed E-state index contributed by atoms with van der Waals surface area (Å²) in [6.45, 7) is 5.64. The molecular weight excluding hydrogens is 242 g/mol. The summed E-state index contributed by atoms with van der Waals surface area (Å²) in [5.74, 6) is 0. The third kappa shape index (κ3) is 2.81. The molecule has 0 bridgehead atoms. The van der Waals surface area contributed by atoms with E-state index < -0.39 is 0 Å². The topological polar surface area (TPSA) is 54.8 Å². The van der Waals surface area contributed by atoms with Crippen LogP contribution in [-0.2, 0) is 13.1 Å². The second-order valence-electron chi connectivity index (χ2n) is 3.67. The molecular formula is C9H13N5S2. The van der Waals surface area contributed by atoms with E-state index in [1.54, 1.807) is 11.3 Å². The highest BCUT2D eigenvalue weighted by Crippen LogP contribution is 2.15. The minimum absolute atomic E-state index is 0.822. The van der Waals surface area contributed by atoms with Gasteiger partial charge in [0, 0.05) is 6.54 Å². The van der Waals surface area contributed by atoms with Crippen molar-refractivity contribution in [3.63, 3.8) is 0 Å². The Hall–Kier alpha value is -0.920. The highest BCUT2D eigenvalue weighted by atomic mass is 32.1. The number of nitrogens with zero attached hydrogens (tertiary/aromatic N) is 5. The lowest BCUT2D eigenvalue weighted by atomic mass is 10.4. The summed E-state index contributed by atoms with van der Waals surface area (Å²) in [6, 6.07) is 0. The zero-order chi connectivity index (χ0) is 11.5. The quantitative estimate of drug-likeness (QED) is 0.831. The molecule has 2 heterocycles. The summed E-state index contributed by atoms with van der Waals surface area (Å²) in [7, 11) is 2.07. The van der Waals surface area contributed by atoms with Gasteiger partial charge in [0.1, 0.15) is 10.0 Å². The summed E-state index contributed by atoms with van der Waals surface area (Å²) in [5.41, 5.74) is 1.02. The summed E-state index contributed by atoms with van der Waals surface area (Å²) >= 11 is 3.10. The average Bonchev–Trinajstić information content (AvgIpc) is 2.77. The molecule has 0 saturated heterocycles. The Morgan fingerprint density at radius 1 is 1.12 bits per heavy atom. The van der Waals surface area contributed by atoms with Crippen molar-refractivity contribution in [3.8, 4) is 0 Å². The molecule has 0 aromatic carbocycles. The van der Waals surface area contributed by atoms with Crippen LogP contribution in [0.1, 0.15) is 20.6 Å². The zero-order valence-corrected chi connectivity index (χ0v) is 11.1. The van der Waals surface area contributed by atoms with Crippen molar-refractivity contribution in [1.29, 1.82) is 0 Å². The molecule has 0 N–H and O–H groups in total. The van der Waals surface area contributed by atoms with E-state index in [4.69, 9.17) is 0 Å². The second-order valence-corrected chi connectivity index (χ2v) is 5.77. The van der Waals surface area contributed by atoms with Gasteiger partial charge in [-0.1, -0.05) is 4.49 Å². The molecule has 0 saturated carbocycles. The summed E-state index contributed by atoms with van der Waals surface area (Å²) in [6.07, 6.45) is 0. The van der Waals surface area contributed by atoms with Crippen LogP contribution in [0.2, 0.25) is 0 Å². The minimum Gasteiger partial charge on any atom is -0.294 e. The summed E-state index contributed by atoms with van der Waals surface area (Å²) < 4.78 is 3.93. The van der Waals surface area contributed by atoms with E-state index in [-0.39, 0.29) is 0 Å². The average molecular weight is 255 g/mol. The smallest absolute Gasteiger partial charge is 0.131 e. The van der Waals surface area contributed by atoms with Gasteiger partial charge in [-0.2, -0.15) is 0 Å². The van der Waals surface area contributed by atoms with Gasteiger partial charge in [0.15, 0.2) is 0 Å². The maximum atomic E-state index is 4.11. The molecule has 16 heavy (non-hydrogen) atoms. The zero-order valence-electron chi connectivity index (χ0n) is 9.47. The monoisotopic (exact) mass is 255 g/mol. The van der Waals surface area contributed by atoms with Gasteiger partial charge in [-0.05, 0) is 32.4 Å². The fourth-order valence-electron chi connectivity index (χ4n) is 1.33. The number of hydrogen-bond donors (Lipinski definition) is 0. The van der Waals surface area contributed by atoms with Crippen molar-refractivity contribution >= 4 is 22.9 Å². The lowest BCUT2D eigenvalue weighted by Crippen LogP contribution is -2.16. The molecule has 7 heteroatoms. The molecule has 0 aliphatic rings. The molecule has 0 aliphatic carbocycles. The molecule has 2 aromatic heterocycles. The van der Waals surface area contributed by atoms with E-state index in [0.717, 1.165) is 28.8 Å². The van der Waals surface area contributed by atoms with Crippen molar-refractivity contribution in [3.05, 3.63) is 20.6 Å². The number of rotatable bonds is 4. The fourth-order valence-corrected chi connectivity index (χ4v) is 2.83. The molecule has 0 unspecified atom stereocenters. The first kappa shape index (κ1) is 11.6. The first-order chi connectivity index (χ1) is 7.65. The number of aryl methyl sites for hydroxylation is 2. The lowest BCUT2D eigenvalue weighted by Gasteiger charge is -2.12. The Kier molecular flexibility index (Phi) is 3.57. The SMILES string of the molecule is Cc1nnc(CN(C)Cc2snnc2C)s1. The van der Waals surface area contributed by atoms with Crippen molar-refractivity contribution in [2.75, 3.05) is 7.05 Å². The fraction of sp³-hybridized carbons (Fsp3) is 0.556. The maximum Gasteiger partial charge on any atom is 0.131 e. The number of aromatic nitrogens is 4. The third-order valence-electron chi connectivity index (χ3n) is 2.13. The molecule has 86 valence electrons. The standard InChI is InChI=1S/C9H13N5S2/c1-6-8(16-13-10-6)4-14(3)5-9-12-11-7(2)15-9/h4-5H2,1-3H3. The van der Waals surface area contributed by atoms with Gasteiger partial charge in [0.25, 0.3) is 0 Å². The molecule has 5 nitrogen and oxygen atoms in total. The van der Waals surface area contributed by atoms with Gasteiger partial charge in [0.05, 0.1) is 17.1 Å². The first-order valence-corrected chi connectivity index (χ1v) is 6.49. The van der Waals surface area contributed by atoms with E-state index in [0.29, 0.717) is 0 Å². The van der Waals surface area contributed by atoms with Crippen LogP contribution in [0.25, 0.3) is 0 Å². The van der Waals surface area contributed by atoms with Gasteiger partial charge >= 0.3 is 0 Å². The van der Waals surface area contributed by atoms with Gasteiger partial charge < -0.3 is 0 Å². The molecule has 2 rings (SSSR count). The van der Waals surface area contributed by atoms with Gasteiger partial charge in [-0.25, -0.2) is 0 Å². The Balaban J connectivity index is 1.94. The normalized spacial score (nSPS) is 11.2. The molecule has 2 aromatic rings. The Labute approximate surface area is 102 Å². The van der Waals surface area contributed by atoms with Crippen LogP contribution in [0.15, 0.2) is 0 Å². The molecule has 0 radical (unpaired) electrons. The van der Waals surface area contributed by atoms with Crippen LogP contribution in [-0.4, -0.2) is 31.7 Å². The van der Waals surface area contributed by atoms with E-state index >= 15 is 0 Å². The van der Waals surface area contributed by atoms with E-state index in [1.807, 2.05) is 13.8 Å². The third-order valence-corrected chi connectivity index (χ3v) is 3.76. The summed E-state index contributed by atoms with van der Waals surface area (Å²) in [4.78, 5) is 3.41. The molecule has 0 amide bonds. The largest absolute Gasteiger partial charge is 0.294 e. The Bertz CT molecular complexity index is 464. The van der Waals surface area contributed by atoms with Crippen LogP contribution in [0.3, 0.4) is 0 Å². The van der Waals surface area contributed by atoms with Crippen molar-refractivity contribution in [2.24, 2.45) is 0 Å². The summed E-state index contributed by atoms with van der Waals surface area (Å²) in [5, 5.41) is 14.2. The van der Waals surface area contributed by atoms with Crippen LogP contribution < -0.4 is 0 Å². The van der Waals surface area contributed by atoms with Crippen molar-refractivity contribution in [2.45, 2.75) is 26.9 Å². The van der Waals surface area contributed by atoms with Crippen LogP contribution in [0.5, 0.6) is 0 Å². The Morgan fingerprint density at radius 3 is 2.50 bits per heavy atom. The molecule has 0 fully saturated rings. The van der Waals surface area contributed by atoms with Crippen LogP contribution in [0, 0.1) is 13.8 Å².